The summed E-state index contributed by atoms with van der Waals surface area (Å²) in [7, 11) is 0. The normalized spacial score (nSPS) is 12.3. The van der Waals surface area contributed by atoms with E-state index in [1.807, 2.05) is 6.92 Å². The molecule has 15 heavy (non-hydrogen) atoms. The van der Waals surface area contributed by atoms with E-state index in [0.29, 0.717) is 6.54 Å². The standard InChI is InChI=1S/C10H10BrClFNO/c1-6(11)5-14-10(15)9-7(12)3-2-4-8(9)13/h2-4,6H,5H2,1H3,(H,14,15). The summed E-state index contributed by atoms with van der Waals surface area (Å²) in [6.45, 7) is 2.30. The molecule has 0 spiro atoms. The van der Waals surface area contributed by atoms with Crippen LogP contribution in [0.2, 0.25) is 5.02 Å². The Morgan fingerprint density at radius 2 is 2.33 bits per heavy atom. The van der Waals surface area contributed by atoms with Gasteiger partial charge in [-0.2, -0.15) is 0 Å². The van der Waals surface area contributed by atoms with Crippen molar-refractivity contribution >= 4 is 33.4 Å². The monoisotopic (exact) mass is 293 g/mol. The predicted molar refractivity (Wildman–Crippen MR) is 62.1 cm³/mol. The van der Waals surface area contributed by atoms with Crippen molar-refractivity contribution in [2.24, 2.45) is 0 Å². The lowest BCUT2D eigenvalue weighted by Gasteiger charge is -2.08. The SMILES string of the molecule is CC(Br)CNC(=O)c1c(F)cccc1Cl. The summed E-state index contributed by atoms with van der Waals surface area (Å²) in [5, 5.41) is 2.69. The minimum absolute atomic E-state index is 0.104. The van der Waals surface area contributed by atoms with Crippen molar-refractivity contribution in [3.05, 3.63) is 34.6 Å². The number of benzene rings is 1. The molecule has 82 valence electrons. The lowest BCUT2D eigenvalue weighted by molar-refractivity contribution is 0.0950. The number of amides is 1. The van der Waals surface area contributed by atoms with Gasteiger partial charge in [-0.15, -0.1) is 0 Å². The molecule has 1 atom stereocenters. The van der Waals surface area contributed by atoms with E-state index in [2.05, 4.69) is 21.2 Å². The second kappa shape index (κ2) is 5.47. The van der Waals surface area contributed by atoms with E-state index < -0.39 is 11.7 Å². The fourth-order valence-corrected chi connectivity index (χ4v) is 1.45. The van der Waals surface area contributed by atoms with Gasteiger partial charge in [-0.1, -0.05) is 40.5 Å². The highest BCUT2D eigenvalue weighted by molar-refractivity contribution is 9.09. The number of halogens is 3. The van der Waals surface area contributed by atoms with Gasteiger partial charge in [-0.3, -0.25) is 4.79 Å². The highest BCUT2D eigenvalue weighted by Gasteiger charge is 2.15. The Balaban J connectivity index is 2.82. The molecular formula is C10H10BrClFNO. The fourth-order valence-electron chi connectivity index (χ4n) is 1.04. The number of alkyl halides is 1. The number of carbonyl (C=O) groups excluding carboxylic acids is 1. The van der Waals surface area contributed by atoms with Crippen LogP contribution in [0, 0.1) is 5.82 Å². The van der Waals surface area contributed by atoms with Gasteiger partial charge in [-0.25, -0.2) is 4.39 Å². The second-order valence-corrected chi connectivity index (χ2v) is 5.06. The smallest absolute Gasteiger partial charge is 0.255 e. The molecule has 0 saturated heterocycles. The van der Waals surface area contributed by atoms with Gasteiger partial charge < -0.3 is 5.32 Å². The van der Waals surface area contributed by atoms with Crippen LogP contribution in [0.5, 0.6) is 0 Å². The Hall–Kier alpha value is -0.610. The molecule has 1 aromatic rings. The molecule has 0 aromatic heterocycles. The van der Waals surface area contributed by atoms with E-state index in [0.717, 1.165) is 0 Å². The maximum absolute atomic E-state index is 13.3. The van der Waals surface area contributed by atoms with Crippen molar-refractivity contribution in [3.63, 3.8) is 0 Å². The zero-order valence-electron chi connectivity index (χ0n) is 8.06. The van der Waals surface area contributed by atoms with E-state index in [-0.39, 0.29) is 15.4 Å². The summed E-state index contributed by atoms with van der Waals surface area (Å²) in [5.74, 6) is -1.10. The number of carbonyl (C=O) groups is 1. The van der Waals surface area contributed by atoms with Crippen LogP contribution in [0.1, 0.15) is 17.3 Å². The molecule has 0 saturated carbocycles. The maximum atomic E-state index is 13.3. The summed E-state index contributed by atoms with van der Waals surface area (Å²) in [6.07, 6.45) is 0. The summed E-state index contributed by atoms with van der Waals surface area (Å²) in [6, 6.07) is 4.15. The van der Waals surface area contributed by atoms with E-state index in [1.165, 1.54) is 18.2 Å². The van der Waals surface area contributed by atoms with Crippen molar-refractivity contribution in [2.45, 2.75) is 11.8 Å². The zero-order valence-corrected chi connectivity index (χ0v) is 10.4. The third kappa shape index (κ3) is 3.47. The third-order valence-corrected chi connectivity index (χ3v) is 2.37. The maximum Gasteiger partial charge on any atom is 0.255 e. The highest BCUT2D eigenvalue weighted by Crippen LogP contribution is 2.18. The summed E-state index contributed by atoms with van der Waals surface area (Å²) >= 11 is 9.00. The van der Waals surface area contributed by atoms with E-state index in [1.54, 1.807) is 0 Å². The fraction of sp³-hybridized carbons (Fsp3) is 0.300. The first-order valence-corrected chi connectivity index (χ1v) is 5.68. The number of hydrogen-bond donors (Lipinski definition) is 1. The van der Waals surface area contributed by atoms with Gasteiger partial charge in [0.1, 0.15) is 5.82 Å². The molecule has 0 aliphatic rings. The molecule has 0 aliphatic heterocycles. The summed E-state index contributed by atoms with van der Waals surface area (Å²) in [4.78, 5) is 11.7. The molecule has 2 nitrogen and oxygen atoms in total. The Morgan fingerprint density at radius 3 is 2.87 bits per heavy atom. The molecule has 0 radical (unpaired) electrons. The summed E-state index contributed by atoms with van der Waals surface area (Å²) < 4.78 is 13.3. The van der Waals surface area contributed by atoms with Crippen molar-refractivity contribution in [2.75, 3.05) is 6.54 Å². The van der Waals surface area contributed by atoms with Crippen molar-refractivity contribution in [1.29, 1.82) is 0 Å². The van der Waals surface area contributed by atoms with Crippen molar-refractivity contribution in [1.82, 2.24) is 5.32 Å². The average molecular weight is 295 g/mol. The molecule has 1 amide bonds. The van der Waals surface area contributed by atoms with Crippen molar-refractivity contribution in [3.8, 4) is 0 Å². The van der Waals surface area contributed by atoms with Gasteiger partial charge in [-0.05, 0) is 12.1 Å². The van der Waals surface area contributed by atoms with Crippen LogP contribution in [0.3, 0.4) is 0 Å². The summed E-state index contributed by atoms with van der Waals surface area (Å²) in [5.41, 5.74) is -0.104. The first-order chi connectivity index (χ1) is 7.02. The van der Waals surface area contributed by atoms with Gasteiger partial charge in [0, 0.05) is 11.4 Å². The minimum Gasteiger partial charge on any atom is -0.351 e. The Kier molecular flexibility index (Phi) is 4.54. The molecule has 5 heteroatoms. The predicted octanol–water partition coefficient (Wildman–Crippen LogP) is 2.99. The molecule has 1 aromatic carbocycles. The van der Waals surface area contributed by atoms with Crippen LogP contribution in [0.15, 0.2) is 18.2 Å². The highest BCUT2D eigenvalue weighted by atomic mass is 79.9. The molecular weight excluding hydrogens is 284 g/mol. The molecule has 0 fully saturated rings. The van der Waals surface area contributed by atoms with Crippen LogP contribution >= 0.6 is 27.5 Å². The second-order valence-electron chi connectivity index (χ2n) is 3.09. The van der Waals surface area contributed by atoms with Crippen LogP contribution in [-0.4, -0.2) is 17.3 Å². The number of hydrogen-bond acceptors (Lipinski definition) is 1. The lowest BCUT2D eigenvalue weighted by Crippen LogP contribution is -2.29. The Morgan fingerprint density at radius 1 is 1.67 bits per heavy atom. The number of rotatable bonds is 3. The largest absolute Gasteiger partial charge is 0.351 e. The quantitative estimate of drug-likeness (QED) is 0.853. The Bertz CT molecular complexity index is 350. The lowest BCUT2D eigenvalue weighted by atomic mass is 10.2. The molecule has 0 bridgehead atoms. The van der Waals surface area contributed by atoms with Crippen LogP contribution in [0.25, 0.3) is 0 Å². The van der Waals surface area contributed by atoms with E-state index >= 15 is 0 Å². The Labute approximate surface area is 101 Å². The molecule has 0 heterocycles. The van der Waals surface area contributed by atoms with Crippen LogP contribution < -0.4 is 5.32 Å². The molecule has 1 rings (SSSR count). The molecule has 1 unspecified atom stereocenters. The van der Waals surface area contributed by atoms with Crippen LogP contribution in [0.4, 0.5) is 4.39 Å². The van der Waals surface area contributed by atoms with E-state index in [9.17, 15) is 9.18 Å². The van der Waals surface area contributed by atoms with Crippen LogP contribution in [-0.2, 0) is 0 Å². The van der Waals surface area contributed by atoms with Gasteiger partial charge in [0.15, 0.2) is 0 Å². The van der Waals surface area contributed by atoms with Gasteiger partial charge >= 0.3 is 0 Å². The third-order valence-electron chi connectivity index (χ3n) is 1.73. The van der Waals surface area contributed by atoms with Gasteiger partial charge in [0.05, 0.1) is 10.6 Å². The molecule has 1 N–H and O–H groups in total. The van der Waals surface area contributed by atoms with Gasteiger partial charge in [0.2, 0.25) is 0 Å². The first-order valence-electron chi connectivity index (χ1n) is 4.38. The van der Waals surface area contributed by atoms with Gasteiger partial charge in [0.25, 0.3) is 5.91 Å². The zero-order chi connectivity index (χ0) is 11.4. The first kappa shape index (κ1) is 12.5. The topological polar surface area (TPSA) is 29.1 Å². The van der Waals surface area contributed by atoms with Crippen molar-refractivity contribution < 1.29 is 9.18 Å². The minimum atomic E-state index is -0.609. The average Bonchev–Trinajstić information content (AvgIpc) is 2.14. The number of nitrogens with one attached hydrogen (secondary N) is 1. The van der Waals surface area contributed by atoms with E-state index in [4.69, 9.17) is 11.6 Å². The molecule has 0 aliphatic carbocycles.